The molecule has 2 N–H and O–H groups in total. The van der Waals surface area contributed by atoms with Crippen LogP contribution in [-0.4, -0.2) is 19.7 Å². The minimum Gasteiger partial charge on any atom is -0.382 e. The van der Waals surface area contributed by atoms with Crippen LogP contribution < -0.4 is 5.73 Å². The molecular weight excluding hydrogens is 166 g/mol. The van der Waals surface area contributed by atoms with Crippen LogP contribution in [0.5, 0.6) is 0 Å². The highest BCUT2D eigenvalue weighted by Crippen LogP contribution is 2.08. The van der Waals surface area contributed by atoms with Crippen LogP contribution in [0.2, 0.25) is 0 Å². The van der Waals surface area contributed by atoms with E-state index in [-0.39, 0.29) is 0 Å². The Hall–Kier alpha value is -1.91. The number of aromatic nitrogens is 4. The fourth-order valence-corrected chi connectivity index (χ4v) is 1.06. The van der Waals surface area contributed by atoms with E-state index in [1.54, 1.807) is 17.1 Å². The number of hydrogen-bond acceptors (Lipinski definition) is 4. The third kappa shape index (κ3) is 1.35. The predicted molar refractivity (Wildman–Crippen MR) is 48.3 cm³/mol. The van der Waals surface area contributed by atoms with Crippen LogP contribution in [0.25, 0.3) is 5.82 Å². The molecule has 0 aliphatic carbocycles. The van der Waals surface area contributed by atoms with E-state index < -0.39 is 0 Å². The zero-order chi connectivity index (χ0) is 9.26. The minimum atomic E-state index is 0.399. The molecule has 0 amide bonds. The van der Waals surface area contributed by atoms with E-state index in [0.717, 1.165) is 5.69 Å². The third-order valence-electron chi connectivity index (χ3n) is 1.67. The molecule has 0 saturated carbocycles. The number of rotatable bonds is 1. The summed E-state index contributed by atoms with van der Waals surface area (Å²) in [7, 11) is 0. The van der Waals surface area contributed by atoms with Crippen molar-refractivity contribution >= 4 is 5.82 Å². The topological polar surface area (TPSA) is 69.6 Å². The average Bonchev–Trinajstić information content (AvgIpc) is 2.61. The Labute approximate surface area is 75.2 Å². The van der Waals surface area contributed by atoms with Gasteiger partial charge in [0.25, 0.3) is 0 Å². The van der Waals surface area contributed by atoms with Gasteiger partial charge in [-0.15, -0.1) is 0 Å². The van der Waals surface area contributed by atoms with Gasteiger partial charge >= 0.3 is 0 Å². The summed E-state index contributed by atoms with van der Waals surface area (Å²) in [5.41, 5.74) is 6.32. The Bertz CT molecular complexity index is 406. The monoisotopic (exact) mass is 175 g/mol. The van der Waals surface area contributed by atoms with E-state index in [1.165, 1.54) is 6.20 Å². The zero-order valence-corrected chi connectivity index (χ0v) is 7.18. The summed E-state index contributed by atoms with van der Waals surface area (Å²) >= 11 is 0. The maximum atomic E-state index is 5.52. The molecule has 0 bridgehead atoms. The van der Waals surface area contributed by atoms with Crippen LogP contribution in [0, 0.1) is 6.92 Å². The van der Waals surface area contributed by atoms with E-state index in [1.807, 2.05) is 13.0 Å². The zero-order valence-electron chi connectivity index (χ0n) is 7.18. The van der Waals surface area contributed by atoms with Crippen LogP contribution in [0.3, 0.4) is 0 Å². The normalized spacial score (nSPS) is 10.2. The molecule has 0 aliphatic rings. The lowest BCUT2D eigenvalue weighted by atomic mass is 10.4. The number of hydrogen-bond donors (Lipinski definition) is 1. The summed E-state index contributed by atoms with van der Waals surface area (Å²) in [6.45, 7) is 1.86. The fourth-order valence-electron chi connectivity index (χ4n) is 1.06. The van der Waals surface area contributed by atoms with Crippen molar-refractivity contribution in [2.24, 2.45) is 0 Å². The Morgan fingerprint density at radius 1 is 1.46 bits per heavy atom. The SMILES string of the molecule is Cc1ncc(N)nc1-n1cccn1. The van der Waals surface area contributed by atoms with Crippen LogP contribution in [0.1, 0.15) is 5.69 Å². The van der Waals surface area contributed by atoms with Crippen molar-refractivity contribution in [3.05, 3.63) is 30.4 Å². The van der Waals surface area contributed by atoms with Gasteiger partial charge in [-0.1, -0.05) is 0 Å². The molecule has 0 unspecified atom stereocenters. The van der Waals surface area contributed by atoms with Crippen molar-refractivity contribution in [1.29, 1.82) is 0 Å². The molecule has 0 atom stereocenters. The number of aryl methyl sites for hydroxylation is 1. The summed E-state index contributed by atoms with van der Waals surface area (Å²) in [4.78, 5) is 8.22. The van der Waals surface area contributed by atoms with Crippen molar-refractivity contribution < 1.29 is 0 Å². The first-order valence-corrected chi connectivity index (χ1v) is 3.86. The summed E-state index contributed by atoms with van der Waals surface area (Å²) in [6.07, 6.45) is 5.02. The van der Waals surface area contributed by atoms with E-state index in [9.17, 15) is 0 Å². The van der Waals surface area contributed by atoms with Crippen LogP contribution in [0.15, 0.2) is 24.7 Å². The summed E-state index contributed by atoms with van der Waals surface area (Å²) in [6, 6.07) is 1.82. The maximum absolute atomic E-state index is 5.52. The van der Waals surface area contributed by atoms with Gasteiger partial charge in [0.05, 0.1) is 11.9 Å². The second kappa shape index (κ2) is 2.85. The molecule has 5 nitrogen and oxygen atoms in total. The van der Waals surface area contributed by atoms with E-state index in [2.05, 4.69) is 15.1 Å². The molecule has 0 aromatic carbocycles. The van der Waals surface area contributed by atoms with Crippen molar-refractivity contribution in [2.75, 3.05) is 5.73 Å². The minimum absolute atomic E-state index is 0.399. The Morgan fingerprint density at radius 2 is 2.31 bits per heavy atom. The highest BCUT2D eigenvalue weighted by atomic mass is 15.3. The average molecular weight is 175 g/mol. The van der Waals surface area contributed by atoms with Gasteiger partial charge in [0.2, 0.25) is 0 Å². The predicted octanol–water partition coefficient (Wildman–Crippen LogP) is 0.553. The molecular formula is C8H9N5. The quantitative estimate of drug-likeness (QED) is 0.687. The van der Waals surface area contributed by atoms with Gasteiger partial charge in [-0.25, -0.2) is 9.67 Å². The molecule has 0 saturated heterocycles. The van der Waals surface area contributed by atoms with Gasteiger partial charge in [0.15, 0.2) is 5.82 Å². The van der Waals surface area contributed by atoms with Crippen LogP contribution in [0.4, 0.5) is 5.82 Å². The van der Waals surface area contributed by atoms with E-state index in [0.29, 0.717) is 11.6 Å². The molecule has 66 valence electrons. The molecule has 2 aromatic heterocycles. The maximum Gasteiger partial charge on any atom is 0.176 e. The van der Waals surface area contributed by atoms with Gasteiger partial charge in [-0.2, -0.15) is 5.10 Å². The highest BCUT2D eigenvalue weighted by Gasteiger charge is 2.03. The summed E-state index contributed by atoms with van der Waals surface area (Å²) < 4.78 is 1.64. The summed E-state index contributed by atoms with van der Waals surface area (Å²) in [5.74, 6) is 1.07. The number of anilines is 1. The van der Waals surface area contributed by atoms with Gasteiger partial charge < -0.3 is 5.73 Å². The molecule has 2 rings (SSSR count). The van der Waals surface area contributed by atoms with Gasteiger partial charge in [-0.05, 0) is 13.0 Å². The Morgan fingerprint density at radius 3 is 3.00 bits per heavy atom. The van der Waals surface area contributed by atoms with Crippen molar-refractivity contribution in [1.82, 2.24) is 19.7 Å². The number of nitrogens with zero attached hydrogens (tertiary/aromatic N) is 4. The molecule has 2 heterocycles. The molecule has 0 fully saturated rings. The molecule has 0 radical (unpaired) electrons. The van der Waals surface area contributed by atoms with E-state index >= 15 is 0 Å². The molecule has 0 spiro atoms. The first kappa shape index (κ1) is 7.72. The van der Waals surface area contributed by atoms with Crippen LogP contribution >= 0.6 is 0 Å². The first-order valence-electron chi connectivity index (χ1n) is 3.86. The van der Waals surface area contributed by atoms with Crippen molar-refractivity contribution in [3.8, 4) is 5.82 Å². The smallest absolute Gasteiger partial charge is 0.176 e. The van der Waals surface area contributed by atoms with Gasteiger partial charge in [0.1, 0.15) is 5.82 Å². The van der Waals surface area contributed by atoms with Crippen molar-refractivity contribution in [2.45, 2.75) is 6.92 Å². The highest BCUT2D eigenvalue weighted by molar-refractivity contribution is 5.35. The summed E-state index contributed by atoms with van der Waals surface area (Å²) in [5, 5.41) is 4.05. The number of nitrogen functional groups attached to an aromatic ring is 1. The third-order valence-corrected chi connectivity index (χ3v) is 1.67. The second-order valence-electron chi connectivity index (χ2n) is 2.65. The molecule has 0 aliphatic heterocycles. The van der Waals surface area contributed by atoms with E-state index in [4.69, 9.17) is 5.73 Å². The van der Waals surface area contributed by atoms with Crippen molar-refractivity contribution in [3.63, 3.8) is 0 Å². The largest absolute Gasteiger partial charge is 0.382 e. The standard InChI is InChI=1S/C8H9N5/c1-6-8(12-7(9)5-10-6)13-4-2-3-11-13/h2-5H,1H3,(H2,9,12). The second-order valence-corrected chi connectivity index (χ2v) is 2.65. The lowest BCUT2D eigenvalue weighted by Gasteiger charge is -2.03. The Balaban J connectivity index is 2.57. The Kier molecular flexibility index (Phi) is 1.70. The fraction of sp³-hybridized carbons (Fsp3) is 0.125. The molecule has 13 heavy (non-hydrogen) atoms. The lowest BCUT2D eigenvalue weighted by Crippen LogP contribution is -2.05. The molecule has 5 heteroatoms. The lowest BCUT2D eigenvalue weighted by molar-refractivity contribution is 0.826. The molecule has 2 aromatic rings. The van der Waals surface area contributed by atoms with Crippen LogP contribution in [-0.2, 0) is 0 Å². The first-order chi connectivity index (χ1) is 6.27. The van der Waals surface area contributed by atoms with Gasteiger partial charge in [0, 0.05) is 12.4 Å². The van der Waals surface area contributed by atoms with Gasteiger partial charge in [-0.3, -0.25) is 4.98 Å². The number of nitrogens with two attached hydrogens (primary N) is 1.